The lowest BCUT2D eigenvalue weighted by Crippen LogP contribution is -2.24. The Bertz CT molecular complexity index is 198. The van der Waals surface area contributed by atoms with E-state index in [0.717, 1.165) is 25.7 Å². The van der Waals surface area contributed by atoms with Crippen molar-refractivity contribution < 1.29 is 23.0 Å². The summed E-state index contributed by atoms with van der Waals surface area (Å²) >= 11 is 0. The van der Waals surface area contributed by atoms with E-state index in [0.29, 0.717) is 6.42 Å². The van der Waals surface area contributed by atoms with Gasteiger partial charge in [-0.2, -0.15) is 13.2 Å². The highest BCUT2D eigenvalue weighted by atomic mass is 19.4. The SMILES string of the molecule is OC(CCOCC(F)(F)F)C1CCCCCC1. The van der Waals surface area contributed by atoms with Crippen molar-refractivity contribution in [3.63, 3.8) is 0 Å². The molecule has 0 heterocycles. The molecule has 0 saturated heterocycles. The Morgan fingerprint density at radius 1 is 1.12 bits per heavy atom. The highest BCUT2D eigenvalue weighted by molar-refractivity contribution is 4.72. The molecule has 1 aliphatic carbocycles. The van der Waals surface area contributed by atoms with Crippen LogP contribution in [0.15, 0.2) is 0 Å². The predicted molar refractivity (Wildman–Crippen MR) is 58.7 cm³/mol. The Morgan fingerprint density at radius 2 is 1.71 bits per heavy atom. The molecule has 0 bridgehead atoms. The largest absolute Gasteiger partial charge is 0.411 e. The van der Waals surface area contributed by atoms with Gasteiger partial charge in [0, 0.05) is 6.61 Å². The van der Waals surface area contributed by atoms with Gasteiger partial charge in [-0.3, -0.25) is 0 Å². The lowest BCUT2D eigenvalue weighted by atomic mass is 9.92. The molecule has 0 radical (unpaired) electrons. The van der Waals surface area contributed by atoms with Gasteiger partial charge in [-0.25, -0.2) is 0 Å². The molecular weight excluding hydrogens is 233 g/mol. The summed E-state index contributed by atoms with van der Waals surface area (Å²) in [4.78, 5) is 0. The van der Waals surface area contributed by atoms with Gasteiger partial charge in [0.25, 0.3) is 0 Å². The van der Waals surface area contributed by atoms with Crippen LogP contribution in [-0.4, -0.2) is 30.6 Å². The minimum atomic E-state index is -4.27. The first-order valence-electron chi connectivity index (χ1n) is 6.31. The molecule has 0 aromatic heterocycles. The van der Waals surface area contributed by atoms with Crippen LogP contribution in [0.1, 0.15) is 44.9 Å². The summed E-state index contributed by atoms with van der Waals surface area (Å²) in [5.41, 5.74) is 0. The van der Waals surface area contributed by atoms with Crippen LogP contribution in [0.4, 0.5) is 13.2 Å². The first kappa shape index (κ1) is 14.8. The molecule has 1 atom stereocenters. The van der Waals surface area contributed by atoms with Gasteiger partial charge in [0.2, 0.25) is 0 Å². The molecule has 1 saturated carbocycles. The van der Waals surface area contributed by atoms with Gasteiger partial charge in [-0.15, -0.1) is 0 Å². The number of rotatable bonds is 5. The Kier molecular flexibility index (Phi) is 6.27. The molecule has 0 aromatic rings. The van der Waals surface area contributed by atoms with E-state index in [1.54, 1.807) is 0 Å². The fourth-order valence-electron chi connectivity index (χ4n) is 2.32. The van der Waals surface area contributed by atoms with Crippen LogP contribution in [0.5, 0.6) is 0 Å². The lowest BCUT2D eigenvalue weighted by Gasteiger charge is -2.21. The summed E-state index contributed by atoms with van der Waals surface area (Å²) in [6.07, 6.45) is 2.13. The number of hydrogen-bond acceptors (Lipinski definition) is 2. The van der Waals surface area contributed by atoms with Gasteiger partial charge in [-0.1, -0.05) is 25.7 Å². The fourth-order valence-corrected chi connectivity index (χ4v) is 2.32. The van der Waals surface area contributed by atoms with Crippen molar-refractivity contribution in [3.8, 4) is 0 Å². The summed E-state index contributed by atoms with van der Waals surface area (Å²) in [7, 11) is 0. The maximum atomic E-state index is 11.8. The summed E-state index contributed by atoms with van der Waals surface area (Å²) in [5, 5.41) is 9.87. The van der Waals surface area contributed by atoms with Crippen molar-refractivity contribution in [2.75, 3.05) is 13.2 Å². The van der Waals surface area contributed by atoms with Gasteiger partial charge in [0.1, 0.15) is 6.61 Å². The van der Waals surface area contributed by atoms with Gasteiger partial charge in [-0.05, 0) is 25.2 Å². The normalized spacial score (nSPS) is 21.2. The predicted octanol–water partition coefficient (Wildman–Crippen LogP) is 3.29. The van der Waals surface area contributed by atoms with Crippen molar-refractivity contribution in [2.24, 2.45) is 5.92 Å². The smallest absolute Gasteiger partial charge is 0.393 e. The average molecular weight is 254 g/mol. The molecule has 1 unspecified atom stereocenters. The van der Waals surface area contributed by atoms with Crippen LogP contribution < -0.4 is 0 Å². The van der Waals surface area contributed by atoms with Gasteiger partial charge in [0.15, 0.2) is 0 Å². The van der Waals surface area contributed by atoms with E-state index < -0.39 is 18.9 Å². The van der Waals surface area contributed by atoms with E-state index in [2.05, 4.69) is 4.74 Å². The molecule has 0 spiro atoms. The third kappa shape index (κ3) is 6.88. The molecule has 1 rings (SSSR count). The van der Waals surface area contributed by atoms with Crippen molar-refractivity contribution in [3.05, 3.63) is 0 Å². The van der Waals surface area contributed by atoms with Crippen LogP contribution in [0.25, 0.3) is 0 Å². The molecule has 5 heteroatoms. The zero-order valence-electron chi connectivity index (χ0n) is 10.0. The van der Waals surface area contributed by atoms with E-state index in [1.807, 2.05) is 0 Å². The maximum Gasteiger partial charge on any atom is 0.411 e. The van der Waals surface area contributed by atoms with E-state index in [-0.39, 0.29) is 12.5 Å². The van der Waals surface area contributed by atoms with Crippen molar-refractivity contribution in [2.45, 2.75) is 57.2 Å². The van der Waals surface area contributed by atoms with Crippen molar-refractivity contribution in [1.82, 2.24) is 0 Å². The monoisotopic (exact) mass is 254 g/mol. The van der Waals surface area contributed by atoms with Crippen LogP contribution in [-0.2, 0) is 4.74 Å². The number of aliphatic hydroxyl groups is 1. The number of alkyl halides is 3. The van der Waals surface area contributed by atoms with E-state index >= 15 is 0 Å². The number of halogens is 3. The number of hydrogen-bond donors (Lipinski definition) is 1. The molecule has 1 aliphatic rings. The topological polar surface area (TPSA) is 29.5 Å². The third-order valence-corrected chi connectivity index (χ3v) is 3.27. The van der Waals surface area contributed by atoms with E-state index in [9.17, 15) is 18.3 Å². The minimum absolute atomic E-state index is 0.0167. The van der Waals surface area contributed by atoms with Crippen LogP contribution in [0, 0.1) is 5.92 Å². The molecule has 0 aliphatic heterocycles. The molecule has 0 aromatic carbocycles. The minimum Gasteiger partial charge on any atom is -0.393 e. The lowest BCUT2D eigenvalue weighted by molar-refractivity contribution is -0.175. The first-order valence-corrected chi connectivity index (χ1v) is 6.31. The fraction of sp³-hybridized carbons (Fsp3) is 1.00. The highest BCUT2D eigenvalue weighted by Gasteiger charge is 2.27. The average Bonchev–Trinajstić information content (AvgIpc) is 2.51. The Labute approximate surface area is 100 Å². The zero-order valence-corrected chi connectivity index (χ0v) is 10.0. The molecule has 102 valence electrons. The number of aliphatic hydroxyl groups excluding tert-OH is 1. The Morgan fingerprint density at radius 3 is 2.24 bits per heavy atom. The van der Waals surface area contributed by atoms with Crippen LogP contribution in [0.2, 0.25) is 0 Å². The van der Waals surface area contributed by atoms with Crippen LogP contribution >= 0.6 is 0 Å². The van der Waals surface area contributed by atoms with E-state index in [4.69, 9.17) is 0 Å². The molecule has 2 nitrogen and oxygen atoms in total. The van der Waals surface area contributed by atoms with Gasteiger partial charge >= 0.3 is 6.18 Å². The van der Waals surface area contributed by atoms with E-state index in [1.165, 1.54) is 12.8 Å². The highest BCUT2D eigenvalue weighted by Crippen LogP contribution is 2.26. The van der Waals surface area contributed by atoms with Crippen LogP contribution in [0.3, 0.4) is 0 Å². The second-order valence-corrected chi connectivity index (χ2v) is 4.78. The molecule has 17 heavy (non-hydrogen) atoms. The first-order chi connectivity index (χ1) is 7.99. The standard InChI is InChI=1S/C12H21F3O2/c13-12(14,15)9-17-8-7-11(16)10-5-3-1-2-4-6-10/h10-11,16H,1-9H2. The maximum absolute atomic E-state index is 11.8. The molecule has 1 fully saturated rings. The van der Waals surface area contributed by atoms with Gasteiger partial charge in [0.05, 0.1) is 6.10 Å². The Balaban J connectivity index is 2.13. The summed E-state index contributed by atoms with van der Waals surface area (Å²) < 4.78 is 39.9. The zero-order chi connectivity index (χ0) is 12.7. The Hall–Kier alpha value is -0.290. The quantitative estimate of drug-likeness (QED) is 0.602. The third-order valence-electron chi connectivity index (χ3n) is 3.27. The van der Waals surface area contributed by atoms with Gasteiger partial charge < -0.3 is 9.84 Å². The molecule has 0 amide bonds. The number of ether oxygens (including phenoxy) is 1. The molecule has 1 N–H and O–H groups in total. The van der Waals surface area contributed by atoms with Crippen molar-refractivity contribution >= 4 is 0 Å². The summed E-state index contributed by atoms with van der Waals surface area (Å²) in [5.74, 6) is 0.243. The molecular formula is C12H21F3O2. The summed E-state index contributed by atoms with van der Waals surface area (Å²) in [6, 6.07) is 0. The second-order valence-electron chi connectivity index (χ2n) is 4.78. The second kappa shape index (κ2) is 7.21. The summed E-state index contributed by atoms with van der Waals surface area (Å²) in [6.45, 7) is -1.23. The van der Waals surface area contributed by atoms with Crippen molar-refractivity contribution in [1.29, 1.82) is 0 Å².